The Hall–Kier alpha value is -3.33. The molecule has 0 atom stereocenters. The highest BCUT2D eigenvalue weighted by Gasteiger charge is 2.20. The van der Waals surface area contributed by atoms with Crippen molar-refractivity contribution < 1.29 is 0 Å². The van der Waals surface area contributed by atoms with Gasteiger partial charge in [0.1, 0.15) is 0 Å². The molecular weight excluding hydrogens is 354 g/mol. The molecule has 0 aromatic heterocycles. The molecule has 29 heavy (non-hydrogen) atoms. The Morgan fingerprint density at radius 3 is 2.34 bits per heavy atom. The molecule has 4 aromatic carbocycles. The zero-order chi connectivity index (χ0) is 20.0. The van der Waals surface area contributed by atoms with Crippen LogP contribution in [0.4, 0.5) is 5.69 Å². The molecule has 0 saturated carbocycles. The van der Waals surface area contributed by atoms with Gasteiger partial charge in [0.15, 0.2) is 5.96 Å². The third kappa shape index (κ3) is 2.94. The highest BCUT2D eigenvalue weighted by Crippen LogP contribution is 2.36. The van der Waals surface area contributed by atoms with Gasteiger partial charge in [-0.3, -0.25) is 5.41 Å². The molecule has 0 saturated heterocycles. The van der Waals surface area contributed by atoms with Gasteiger partial charge in [-0.05, 0) is 51.8 Å². The van der Waals surface area contributed by atoms with Gasteiger partial charge in [0.05, 0.1) is 5.69 Å². The Morgan fingerprint density at radius 1 is 0.793 bits per heavy atom. The van der Waals surface area contributed by atoms with E-state index in [4.69, 9.17) is 5.41 Å². The maximum absolute atomic E-state index is 8.85. The lowest BCUT2D eigenvalue weighted by Gasteiger charge is -2.29. The van der Waals surface area contributed by atoms with E-state index in [-0.39, 0.29) is 0 Å². The molecular formula is C26H25N3. The van der Waals surface area contributed by atoms with Gasteiger partial charge in [0, 0.05) is 26.0 Å². The maximum atomic E-state index is 8.85. The third-order valence-corrected chi connectivity index (χ3v) is 6.18. The Balaban J connectivity index is 1.46. The van der Waals surface area contributed by atoms with Gasteiger partial charge < -0.3 is 9.80 Å². The topological polar surface area (TPSA) is 30.3 Å². The normalized spacial score (nSPS) is 12.5. The van der Waals surface area contributed by atoms with Crippen LogP contribution in [0.25, 0.3) is 21.5 Å². The first-order valence-electron chi connectivity index (χ1n) is 10.2. The molecule has 0 fully saturated rings. The average Bonchev–Trinajstić information content (AvgIpc) is 3.18. The van der Waals surface area contributed by atoms with Crippen LogP contribution in [0.2, 0.25) is 0 Å². The van der Waals surface area contributed by atoms with Crippen molar-refractivity contribution in [3.63, 3.8) is 0 Å². The minimum atomic E-state index is 0.497. The van der Waals surface area contributed by atoms with E-state index in [2.05, 4.69) is 72.8 Å². The summed E-state index contributed by atoms with van der Waals surface area (Å²) in [5.74, 6) is 0.497. The van der Waals surface area contributed by atoms with Gasteiger partial charge in [0.2, 0.25) is 0 Å². The van der Waals surface area contributed by atoms with Gasteiger partial charge in [0.25, 0.3) is 0 Å². The molecule has 1 aliphatic rings. The molecule has 144 valence electrons. The predicted molar refractivity (Wildman–Crippen MR) is 123 cm³/mol. The van der Waals surface area contributed by atoms with Crippen molar-refractivity contribution >= 4 is 33.2 Å². The van der Waals surface area contributed by atoms with Gasteiger partial charge in [-0.25, -0.2) is 0 Å². The predicted octanol–water partition coefficient (Wildman–Crippen LogP) is 5.59. The molecule has 0 bridgehead atoms. The first-order chi connectivity index (χ1) is 14.1. The summed E-state index contributed by atoms with van der Waals surface area (Å²) in [5.41, 5.74) is 5.21. The molecule has 1 aliphatic carbocycles. The van der Waals surface area contributed by atoms with Gasteiger partial charge in [-0.2, -0.15) is 0 Å². The highest BCUT2D eigenvalue weighted by molar-refractivity contribution is 6.06. The van der Waals surface area contributed by atoms with Crippen LogP contribution in [0.5, 0.6) is 0 Å². The first kappa shape index (κ1) is 17.7. The number of nitrogens with one attached hydrogen (secondary N) is 1. The SMILES string of the molecule is CN(Cc1cccc2ccccc12)C(=N)N(C)c1ccc2c3c(cccc13)CC2. The van der Waals surface area contributed by atoms with Crippen molar-refractivity contribution in [2.75, 3.05) is 19.0 Å². The number of hydrogen-bond acceptors (Lipinski definition) is 1. The summed E-state index contributed by atoms with van der Waals surface area (Å²) in [5, 5.41) is 14.0. The number of anilines is 1. The number of hydrogen-bond donors (Lipinski definition) is 1. The number of fused-ring (bicyclic) bond motifs is 1. The molecule has 0 unspecified atom stereocenters. The first-order valence-corrected chi connectivity index (χ1v) is 10.2. The Kier molecular flexibility index (Phi) is 4.24. The summed E-state index contributed by atoms with van der Waals surface area (Å²) in [6, 6.07) is 25.8. The molecule has 0 radical (unpaired) electrons. The van der Waals surface area contributed by atoms with Gasteiger partial charge in [-0.15, -0.1) is 0 Å². The maximum Gasteiger partial charge on any atom is 0.198 e. The number of nitrogens with zero attached hydrogens (tertiary/aromatic N) is 2. The van der Waals surface area contributed by atoms with E-state index in [1.807, 2.05) is 23.9 Å². The quantitative estimate of drug-likeness (QED) is 0.371. The molecule has 3 nitrogen and oxygen atoms in total. The highest BCUT2D eigenvalue weighted by atomic mass is 15.3. The van der Waals surface area contributed by atoms with Crippen LogP contribution in [0, 0.1) is 5.41 Å². The van der Waals surface area contributed by atoms with E-state index in [9.17, 15) is 0 Å². The Labute approximate surface area is 171 Å². The second kappa shape index (κ2) is 6.93. The Bertz CT molecular complexity index is 1230. The van der Waals surface area contributed by atoms with Crippen LogP contribution in [-0.4, -0.2) is 25.0 Å². The second-order valence-corrected chi connectivity index (χ2v) is 7.96. The van der Waals surface area contributed by atoms with E-state index in [0.29, 0.717) is 12.5 Å². The van der Waals surface area contributed by atoms with Gasteiger partial charge >= 0.3 is 0 Å². The van der Waals surface area contributed by atoms with Crippen LogP contribution < -0.4 is 4.90 Å². The fraction of sp³-hybridized carbons (Fsp3) is 0.192. The summed E-state index contributed by atoms with van der Waals surface area (Å²) in [6.07, 6.45) is 2.25. The zero-order valence-corrected chi connectivity index (χ0v) is 16.9. The minimum Gasteiger partial charge on any atom is -0.341 e. The molecule has 0 spiro atoms. The van der Waals surface area contributed by atoms with Gasteiger partial charge in [-0.1, -0.05) is 66.7 Å². The lowest BCUT2D eigenvalue weighted by atomic mass is 10.0. The van der Waals surface area contributed by atoms with Crippen molar-refractivity contribution in [2.24, 2.45) is 0 Å². The second-order valence-electron chi connectivity index (χ2n) is 7.96. The van der Waals surface area contributed by atoms with Crippen LogP contribution in [-0.2, 0) is 19.4 Å². The van der Waals surface area contributed by atoms with Crippen LogP contribution in [0.3, 0.4) is 0 Å². The average molecular weight is 380 g/mol. The molecule has 5 rings (SSSR count). The van der Waals surface area contributed by atoms with Crippen molar-refractivity contribution in [2.45, 2.75) is 19.4 Å². The molecule has 3 heteroatoms. The zero-order valence-electron chi connectivity index (χ0n) is 16.9. The third-order valence-electron chi connectivity index (χ3n) is 6.18. The molecule has 0 heterocycles. The number of benzene rings is 4. The standard InChI is InChI=1S/C26H25N3/c1-28(17-21-10-5-8-18-7-3-4-11-22(18)21)26(27)29(2)24-16-15-20-14-13-19-9-6-12-23(24)25(19)20/h3-12,15-16,27H,13-14,17H2,1-2H3. The van der Waals surface area contributed by atoms with Crippen molar-refractivity contribution in [1.29, 1.82) is 5.41 Å². The van der Waals surface area contributed by atoms with Crippen molar-refractivity contribution in [1.82, 2.24) is 4.90 Å². The van der Waals surface area contributed by atoms with E-state index in [0.717, 1.165) is 18.5 Å². The molecule has 1 N–H and O–H groups in total. The molecule has 0 amide bonds. The van der Waals surface area contributed by atoms with Crippen LogP contribution >= 0.6 is 0 Å². The smallest absolute Gasteiger partial charge is 0.198 e. The van der Waals surface area contributed by atoms with E-state index < -0.39 is 0 Å². The van der Waals surface area contributed by atoms with Crippen LogP contribution in [0.1, 0.15) is 16.7 Å². The lowest BCUT2D eigenvalue weighted by molar-refractivity contribution is 0.490. The summed E-state index contributed by atoms with van der Waals surface area (Å²) in [4.78, 5) is 4.03. The summed E-state index contributed by atoms with van der Waals surface area (Å²) in [6.45, 7) is 0.700. The summed E-state index contributed by atoms with van der Waals surface area (Å²) in [7, 11) is 4.00. The number of guanidine groups is 1. The van der Waals surface area contributed by atoms with E-state index >= 15 is 0 Å². The lowest BCUT2D eigenvalue weighted by Crippen LogP contribution is -2.39. The fourth-order valence-corrected chi connectivity index (χ4v) is 4.65. The number of rotatable bonds is 3. The molecule has 4 aromatic rings. The summed E-state index contributed by atoms with van der Waals surface area (Å²) < 4.78 is 0. The minimum absolute atomic E-state index is 0.497. The van der Waals surface area contributed by atoms with E-state index in [1.165, 1.54) is 38.2 Å². The van der Waals surface area contributed by atoms with E-state index in [1.54, 1.807) is 0 Å². The van der Waals surface area contributed by atoms with Crippen molar-refractivity contribution in [3.05, 3.63) is 89.5 Å². The molecule has 0 aliphatic heterocycles. The number of aryl methyl sites for hydroxylation is 2. The monoisotopic (exact) mass is 379 g/mol. The van der Waals surface area contributed by atoms with Crippen LogP contribution in [0.15, 0.2) is 72.8 Å². The fourth-order valence-electron chi connectivity index (χ4n) is 4.65. The van der Waals surface area contributed by atoms with Crippen molar-refractivity contribution in [3.8, 4) is 0 Å². The Morgan fingerprint density at radius 2 is 1.48 bits per heavy atom. The summed E-state index contributed by atoms with van der Waals surface area (Å²) >= 11 is 0. The largest absolute Gasteiger partial charge is 0.341 e.